The number of ether oxygens (including phenoxy) is 3. The first-order chi connectivity index (χ1) is 23.3. The Bertz CT molecular complexity index is 1160. The van der Waals surface area contributed by atoms with E-state index in [1.807, 2.05) is 14.1 Å². The number of rotatable bonds is 12. The van der Waals surface area contributed by atoms with Gasteiger partial charge in [-0.25, -0.2) is 0 Å². The number of methoxy groups -OCH3 is 1. The molecular weight excluding hydrogens is 628 g/mol. The molecule has 5 saturated carbocycles. The Balaban J connectivity index is 1.16. The standard InChI is InChI=1S/C37H64N4O8/c1-20-27-15-24(37(27,3)4)16-28(20)39-36(45)32-31(21(2)43)30(18-42)49-41(32)17-22-9-8-10-25(33(22)46-7)23-13-26(34-29(14-23)47-19-48-34)35(44)38-11-12-40(5)6/h20-34,42-43H,8-19H2,1-7H3,(H,38,44)(H,39,45)/t20-,21-,22?,23?,24+,25?,26?,27-,28-,29?,30-,31+,32-,33?,34?/m0/s1. The monoisotopic (exact) mass is 692 g/mol. The van der Waals surface area contributed by atoms with Gasteiger partial charge in [-0.3, -0.25) is 14.4 Å². The minimum absolute atomic E-state index is 0.0278. The number of hydrogen-bond donors (Lipinski definition) is 4. The Kier molecular flexibility index (Phi) is 11.7. The second-order valence-corrected chi connectivity index (χ2v) is 17.2. The topological polar surface area (TPSA) is 142 Å². The van der Waals surface area contributed by atoms with E-state index in [1.165, 1.54) is 6.42 Å². The van der Waals surface area contributed by atoms with E-state index in [4.69, 9.17) is 19.0 Å². The van der Waals surface area contributed by atoms with Gasteiger partial charge in [0.05, 0.1) is 36.9 Å². The fraction of sp³-hybridized carbons (Fsp3) is 0.946. The van der Waals surface area contributed by atoms with E-state index in [1.54, 1.807) is 19.1 Å². The first-order valence-corrected chi connectivity index (χ1v) is 19.1. The minimum atomic E-state index is -0.837. The lowest BCUT2D eigenvalue weighted by molar-refractivity contribution is -0.193. The van der Waals surface area contributed by atoms with Crippen LogP contribution in [0.5, 0.6) is 0 Å². The molecule has 4 N–H and O–H groups in total. The Morgan fingerprint density at radius 2 is 1.88 bits per heavy atom. The fourth-order valence-corrected chi connectivity index (χ4v) is 11.1. The smallest absolute Gasteiger partial charge is 0.240 e. The second-order valence-electron chi connectivity index (χ2n) is 17.2. The van der Waals surface area contributed by atoms with E-state index in [0.717, 1.165) is 45.1 Å². The summed E-state index contributed by atoms with van der Waals surface area (Å²) in [6.45, 7) is 10.4. The van der Waals surface area contributed by atoms with Crippen molar-refractivity contribution in [1.29, 1.82) is 0 Å². The summed E-state index contributed by atoms with van der Waals surface area (Å²) in [5, 5.41) is 29.5. The van der Waals surface area contributed by atoms with E-state index in [2.05, 4.69) is 36.3 Å². The summed E-state index contributed by atoms with van der Waals surface area (Å²) in [6, 6.07) is -0.632. The van der Waals surface area contributed by atoms with Crippen molar-refractivity contribution < 1.29 is 38.9 Å². The molecule has 0 spiro atoms. The molecule has 0 aromatic rings. The molecule has 5 aliphatic carbocycles. The van der Waals surface area contributed by atoms with Crippen molar-refractivity contribution in [2.24, 2.45) is 52.8 Å². The molecule has 2 amide bonds. The van der Waals surface area contributed by atoms with E-state index in [9.17, 15) is 19.8 Å². The Labute approximate surface area is 293 Å². The highest BCUT2D eigenvalue weighted by Gasteiger charge is 2.58. The molecule has 49 heavy (non-hydrogen) atoms. The Morgan fingerprint density at radius 1 is 1.10 bits per heavy atom. The van der Waals surface area contributed by atoms with E-state index in [0.29, 0.717) is 36.3 Å². The van der Waals surface area contributed by atoms with Crippen LogP contribution in [0.15, 0.2) is 0 Å². The van der Waals surface area contributed by atoms with Gasteiger partial charge in [0.2, 0.25) is 11.8 Å². The zero-order chi connectivity index (χ0) is 35.2. The van der Waals surface area contributed by atoms with Crippen LogP contribution in [0.1, 0.15) is 72.6 Å². The van der Waals surface area contributed by atoms with Crippen molar-refractivity contribution in [3.8, 4) is 0 Å². The molecule has 2 saturated heterocycles. The largest absolute Gasteiger partial charge is 0.394 e. The zero-order valence-electron chi connectivity index (χ0n) is 30.9. The summed E-state index contributed by atoms with van der Waals surface area (Å²) in [5.41, 5.74) is 0.312. The number of hydrogen-bond acceptors (Lipinski definition) is 10. The van der Waals surface area contributed by atoms with Crippen molar-refractivity contribution >= 4 is 11.8 Å². The van der Waals surface area contributed by atoms with Gasteiger partial charge < -0.3 is 40.0 Å². The predicted molar refractivity (Wildman–Crippen MR) is 183 cm³/mol. The van der Waals surface area contributed by atoms with Crippen molar-refractivity contribution in [3.05, 3.63) is 0 Å². The van der Waals surface area contributed by atoms with Crippen LogP contribution < -0.4 is 10.6 Å². The molecule has 280 valence electrons. The average molecular weight is 693 g/mol. The third-order valence-electron chi connectivity index (χ3n) is 13.9. The Hall–Kier alpha value is -1.38. The maximum atomic E-state index is 14.2. The van der Waals surface area contributed by atoms with Crippen LogP contribution >= 0.6 is 0 Å². The molecule has 2 aliphatic heterocycles. The van der Waals surface area contributed by atoms with Gasteiger partial charge in [0.1, 0.15) is 18.9 Å². The molecule has 15 atom stereocenters. The lowest BCUT2D eigenvalue weighted by Gasteiger charge is -2.62. The van der Waals surface area contributed by atoms with E-state index >= 15 is 0 Å². The van der Waals surface area contributed by atoms with Crippen LogP contribution in [0.4, 0.5) is 0 Å². The molecule has 7 rings (SSSR count). The van der Waals surface area contributed by atoms with Crippen LogP contribution in [0.25, 0.3) is 0 Å². The number of carbonyl (C=O) groups is 2. The molecule has 0 radical (unpaired) electrons. The first-order valence-electron chi connectivity index (χ1n) is 19.1. The molecule has 12 nitrogen and oxygen atoms in total. The molecule has 0 aromatic heterocycles. The third kappa shape index (κ3) is 7.32. The van der Waals surface area contributed by atoms with Gasteiger partial charge in [-0.05, 0) is 94.5 Å². The quantitative estimate of drug-likeness (QED) is 0.240. The number of nitrogens with one attached hydrogen (secondary N) is 2. The van der Waals surface area contributed by atoms with Crippen LogP contribution in [-0.2, 0) is 28.6 Å². The first kappa shape index (κ1) is 37.4. The van der Waals surface area contributed by atoms with E-state index < -0.39 is 24.2 Å². The van der Waals surface area contributed by atoms with Crippen LogP contribution in [0.2, 0.25) is 0 Å². The molecule has 7 fully saturated rings. The predicted octanol–water partition coefficient (Wildman–Crippen LogP) is 2.02. The number of amides is 2. The number of aliphatic hydroxyl groups excluding tert-OH is 2. The highest BCUT2D eigenvalue weighted by atomic mass is 16.7. The number of likely N-dealkylation sites (N-methyl/N-ethyl adjacent to an activating group) is 1. The van der Waals surface area contributed by atoms with Gasteiger partial charge >= 0.3 is 0 Å². The number of fused-ring (bicyclic) bond motifs is 3. The summed E-state index contributed by atoms with van der Waals surface area (Å²) < 4.78 is 18.3. The second kappa shape index (κ2) is 15.3. The normalized spacial score (nSPS) is 43.9. The summed E-state index contributed by atoms with van der Waals surface area (Å²) in [4.78, 5) is 36.1. The van der Waals surface area contributed by atoms with Gasteiger partial charge in [0, 0.05) is 44.6 Å². The molecule has 2 bridgehead atoms. The molecule has 12 heteroatoms. The van der Waals surface area contributed by atoms with Gasteiger partial charge in [0.25, 0.3) is 0 Å². The highest BCUT2D eigenvalue weighted by Crippen LogP contribution is 2.61. The lowest BCUT2D eigenvalue weighted by atomic mass is 9.45. The van der Waals surface area contributed by atoms with Crippen molar-refractivity contribution in [2.45, 2.75) is 115 Å². The minimum Gasteiger partial charge on any atom is -0.394 e. The third-order valence-corrected chi connectivity index (χ3v) is 13.9. The number of aliphatic hydroxyl groups is 2. The molecular formula is C37H64N4O8. The Morgan fingerprint density at radius 3 is 2.53 bits per heavy atom. The van der Waals surface area contributed by atoms with Crippen molar-refractivity contribution in [2.75, 3.05) is 54.2 Å². The number of carbonyl (C=O) groups excluding carboxylic acids is 2. The summed E-state index contributed by atoms with van der Waals surface area (Å²) in [5.74, 6) is 1.13. The number of nitrogens with zero attached hydrogens (tertiary/aromatic N) is 2. The van der Waals surface area contributed by atoms with Gasteiger partial charge in [-0.2, -0.15) is 5.06 Å². The summed E-state index contributed by atoms with van der Waals surface area (Å²) in [7, 11) is 5.75. The molecule has 7 unspecified atom stereocenters. The fourth-order valence-electron chi connectivity index (χ4n) is 11.1. The maximum absolute atomic E-state index is 14.2. The van der Waals surface area contributed by atoms with Gasteiger partial charge in [-0.15, -0.1) is 0 Å². The SMILES string of the molecule is COC1C(CN2O[C@@H](CO)[C@@H]([C@H](C)O)[C@H]2C(=O)N[C@H]2C[C@H]3C[C@@H]([C@@H]2C)C3(C)C)CCCC1C1CC2OCOC2C(C(=O)NCCN(C)C)C1. The number of hydroxylamine groups is 2. The van der Waals surface area contributed by atoms with E-state index in [-0.39, 0.29) is 73.2 Å². The van der Waals surface area contributed by atoms with Crippen LogP contribution in [-0.4, -0.2) is 129 Å². The lowest BCUT2D eigenvalue weighted by Crippen LogP contribution is -2.62. The molecule has 2 heterocycles. The summed E-state index contributed by atoms with van der Waals surface area (Å²) >= 11 is 0. The van der Waals surface area contributed by atoms with Crippen LogP contribution in [0, 0.1) is 52.8 Å². The van der Waals surface area contributed by atoms with Crippen molar-refractivity contribution in [1.82, 2.24) is 20.6 Å². The van der Waals surface area contributed by atoms with Gasteiger partial charge in [0.15, 0.2) is 0 Å². The van der Waals surface area contributed by atoms with Gasteiger partial charge in [-0.1, -0.05) is 27.2 Å². The average Bonchev–Trinajstić information content (AvgIpc) is 3.69. The summed E-state index contributed by atoms with van der Waals surface area (Å²) in [6.07, 6.45) is 4.68. The zero-order valence-corrected chi connectivity index (χ0v) is 30.9. The molecule has 0 aromatic carbocycles. The highest BCUT2D eigenvalue weighted by molar-refractivity contribution is 5.83. The van der Waals surface area contributed by atoms with Crippen LogP contribution in [0.3, 0.4) is 0 Å². The molecule has 7 aliphatic rings. The maximum Gasteiger partial charge on any atom is 0.240 e. The van der Waals surface area contributed by atoms with Crippen molar-refractivity contribution in [3.63, 3.8) is 0 Å².